The molecule has 0 spiro atoms. The van der Waals surface area contributed by atoms with E-state index in [0.717, 1.165) is 32.0 Å². The molecule has 2 atom stereocenters. The Morgan fingerprint density at radius 2 is 2.05 bits per heavy atom. The normalized spacial score (nSPS) is 23.8. The fourth-order valence-corrected chi connectivity index (χ4v) is 2.86. The van der Waals surface area contributed by atoms with Gasteiger partial charge in [-0.05, 0) is 38.0 Å². The fraction of sp³-hybridized carbons (Fsp3) is 0.867. The zero-order valence-electron chi connectivity index (χ0n) is 12.8. The molecule has 6 heteroatoms. The van der Waals surface area contributed by atoms with Crippen molar-refractivity contribution in [2.45, 2.75) is 57.5 Å². The molecule has 2 unspecified atom stereocenters. The number of amides is 2. The minimum Gasteiger partial charge on any atom is -0.481 e. The number of carbonyl (C=O) groups is 2. The minimum absolute atomic E-state index is 0.0944. The largest absolute Gasteiger partial charge is 0.481 e. The van der Waals surface area contributed by atoms with Crippen molar-refractivity contribution in [3.63, 3.8) is 0 Å². The van der Waals surface area contributed by atoms with Crippen molar-refractivity contribution in [3.8, 4) is 0 Å². The first kappa shape index (κ1) is 16.1. The number of hydrogen-bond donors (Lipinski definition) is 3. The van der Waals surface area contributed by atoms with Crippen LogP contribution in [-0.2, 0) is 4.79 Å². The van der Waals surface area contributed by atoms with Crippen molar-refractivity contribution in [2.24, 2.45) is 5.92 Å². The van der Waals surface area contributed by atoms with Gasteiger partial charge in [-0.3, -0.25) is 9.69 Å². The van der Waals surface area contributed by atoms with Gasteiger partial charge in [0.15, 0.2) is 0 Å². The molecule has 0 aromatic carbocycles. The minimum atomic E-state index is -0.756. The maximum Gasteiger partial charge on any atom is 0.315 e. The van der Waals surface area contributed by atoms with E-state index >= 15 is 0 Å². The van der Waals surface area contributed by atoms with Gasteiger partial charge in [0.1, 0.15) is 0 Å². The number of nitrogens with one attached hydrogen (secondary N) is 2. The summed E-state index contributed by atoms with van der Waals surface area (Å²) in [5.74, 6) is -0.438. The van der Waals surface area contributed by atoms with Crippen LogP contribution in [0.15, 0.2) is 0 Å². The van der Waals surface area contributed by atoms with E-state index < -0.39 is 5.97 Å². The van der Waals surface area contributed by atoms with Gasteiger partial charge in [0.2, 0.25) is 0 Å². The van der Waals surface area contributed by atoms with E-state index in [1.54, 1.807) is 0 Å². The number of hydrogen-bond acceptors (Lipinski definition) is 3. The number of carboxylic acids is 1. The molecule has 1 saturated carbocycles. The third-order valence-corrected chi connectivity index (χ3v) is 4.39. The Morgan fingerprint density at radius 3 is 2.71 bits per heavy atom. The Bertz CT molecular complexity index is 371. The summed E-state index contributed by atoms with van der Waals surface area (Å²) >= 11 is 0. The second kappa shape index (κ2) is 7.64. The van der Waals surface area contributed by atoms with Gasteiger partial charge < -0.3 is 15.7 Å². The topological polar surface area (TPSA) is 81.7 Å². The van der Waals surface area contributed by atoms with Crippen molar-refractivity contribution in [1.29, 1.82) is 0 Å². The standard InChI is InChI=1S/C15H27N3O3/c1-11(2-5-14(19)20)6-8-16-15(21)17-12-7-9-18(10-12)13-3-4-13/h11-13H,2-10H2,1H3,(H,19,20)(H2,16,17,21). The Kier molecular flexibility index (Phi) is 5.85. The first-order valence-electron chi connectivity index (χ1n) is 8.05. The van der Waals surface area contributed by atoms with Crippen LogP contribution in [0, 0.1) is 5.92 Å². The zero-order valence-corrected chi connectivity index (χ0v) is 12.8. The highest BCUT2D eigenvalue weighted by Gasteiger charge is 2.34. The molecule has 21 heavy (non-hydrogen) atoms. The molecule has 2 rings (SSSR count). The number of carbonyl (C=O) groups excluding carboxylic acids is 1. The molecule has 3 N–H and O–H groups in total. The highest BCUT2D eigenvalue weighted by Crippen LogP contribution is 2.29. The van der Waals surface area contributed by atoms with Crippen LogP contribution in [0.25, 0.3) is 0 Å². The van der Waals surface area contributed by atoms with Crippen LogP contribution < -0.4 is 10.6 Å². The fourth-order valence-electron chi connectivity index (χ4n) is 2.86. The lowest BCUT2D eigenvalue weighted by Gasteiger charge is -2.16. The molecule has 0 aromatic rings. The Labute approximate surface area is 126 Å². The van der Waals surface area contributed by atoms with Gasteiger partial charge in [0.05, 0.1) is 0 Å². The second-order valence-corrected chi connectivity index (χ2v) is 6.44. The van der Waals surface area contributed by atoms with Crippen molar-refractivity contribution in [2.75, 3.05) is 19.6 Å². The summed E-state index contributed by atoms with van der Waals surface area (Å²) in [7, 11) is 0. The first-order valence-corrected chi connectivity index (χ1v) is 8.05. The zero-order chi connectivity index (χ0) is 15.2. The number of carboxylic acid groups (broad SMARTS) is 1. The molecule has 0 aromatic heterocycles. The SMILES string of the molecule is CC(CCNC(=O)NC1CCN(C2CC2)C1)CCC(=O)O. The number of aliphatic carboxylic acids is 1. The quantitative estimate of drug-likeness (QED) is 0.633. The number of rotatable bonds is 8. The van der Waals surface area contributed by atoms with Gasteiger partial charge >= 0.3 is 12.0 Å². The van der Waals surface area contributed by atoms with E-state index in [0.29, 0.717) is 18.9 Å². The maximum atomic E-state index is 11.8. The van der Waals surface area contributed by atoms with E-state index in [2.05, 4.69) is 15.5 Å². The summed E-state index contributed by atoms with van der Waals surface area (Å²) in [6, 6.07) is 0.952. The number of nitrogens with zero attached hydrogens (tertiary/aromatic N) is 1. The van der Waals surface area contributed by atoms with Crippen LogP contribution in [-0.4, -0.2) is 53.7 Å². The Balaban J connectivity index is 1.52. The summed E-state index contributed by atoms with van der Waals surface area (Å²) in [5, 5.41) is 14.5. The van der Waals surface area contributed by atoms with Crippen LogP contribution in [0.1, 0.15) is 45.4 Å². The van der Waals surface area contributed by atoms with E-state index in [9.17, 15) is 9.59 Å². The van der Waals surface area contributed by atoms with Crippen LogP contribution in [0.2, 0.25) is 0 Å². The summed E-state index contributed by atoms with van der Waals surface area (Å²) in [6.07, 6.45) is 5.35. The van der Waals surface area contributed by atoms with E-state index in [-0.39, 0.29) is 18.5 Å². The van der Waals surface area contributed by atoms with Gasteiger partial charge in [0, 0.05) is 38.1 Å². The van der Waals surface area contributed by atoms with Gasteiger partial charge in [-0.15, -0.1) is 0 Å². The molecular weight excluding hydrogens is 270 g/mol. The molecule has 6 nitrogen and oxygen atoms in total. The van der Waals surface area contributed by atoms with Gasteiger partial charge in [0.25, 0.3) is 0 Å². The van der Waals surface area contributed by atoms with Crippen LogP contribution >= 0.6 is 0 Å². The summed E-state index contributed by atoms with van der Waals surface area (Å²) in [4.78, 5) is 24.7. The lowest BCUT2D eigenvalue weighted by atomic mass is 10.0. The summed E-state index contributed by atoms with van der Waals surface area (Å²) in [6.45, 7) is 4.70. The average molecular weight is 297 g/mol. The molecule has 2 amide bonds. The van der Waals surface area contributed by atoms with E-state index in [4.69, 9.17) is 5.11 Å². The first-order chi connectivity index (χ1) is 10.0. The predicted molar refractivity (Wildman–Crippen MR) is 80.2 cm³/mol. The van der Waals surface area contributed by atoms with Crippen molar-refractivity contribution >= 4 is 12.0 Å². The van der Waals surface area contributed by atoms with Gasteiger partial charge in [-0.1, -0.05) is 6.92 Å². The lowest BCUT2D eigenvalue weighted by Crippen LogP contribution is -2.44. The average Bonchev–Trinajstić information content (AvgIpc) is 3.17. The molecule has 120 valence electrons. The lowest BCUT2D eigenvalue weighted by molar-refractivity contribution is -0.137. The number of urea groups is 1. The number of likely N-dealkylation sites (tertiary alicyclic amines) is 1. The van der Waals surface area contributed by atoms with E-state index in [1.807, 2.05) is 6.92 Å². The molecule has 2 aliphatic rings. The van der Waals surface area contributed by atoms with Crippen LogP contribution in [0.3, 0.4) is 0 Å². The van der Waals surface area contributed by atoms with Crippen molar-refractivity contribution in [3.05, 3.63) is 0 Å². The molecule has 0 bridgehead atoms. The summed E-state index contributed by atoms with van der Waals surface area (Å²) in [5.41, 5.74) is 0. The smallest absolute Gasteiger partial charge is 0.315 e. The predicted octanol–water partition coefficient (Wildman–Crippen LogP) is 1.41. The third-order valence-electron chi connectivity index (χ3n) is 4.39. The second-order valence-electron chi connectivity index (χ2n) is 6.44. The highest BCUT2D eigenvalue weighted by molar-refractivity contribution is 5.74. The van der Waals surface area contributed by atoms with Crippen LogP contribution in [0.5, 0.6) is 0 Å². The molecule has 0 radical (unpaired) electrons. The van der Waals surface area contributed by atoms with Crippen LogP contribution in [0.4, 0.5) is 4.79 Å². The molecule has 1 aliphatic heterocycles. The Hall–Kier alpha value is -1.30. The molecule has 1 aliphatic carbocycles. The third kappa shape index (κ3) is 5.91. The van der Waals surface area contributed by atoms with E-state index in [1.165, 1.54) is 12.8 Å². The maximum absolute atomic E-state index is 11.8. The summed E-state index contributed by atoms with van der Waals surface area (Å²) < 4.78 is 0. The highest BCUT2D eigenvalue weighted by atomic mass is 16.4. The molecule has 2 fully saturated rings. The molecule has 1 saturated heterocycles. The van der Waals surface area contributed by atoms with Gasteiger partial charge in [-0.25, -0.2) is 4.79 Å². The van der Waals surface area contributed by atoms with Gasteiger partial charge in [-0.2, -0.15) is 0 Å². The van der Waals surface area contributed by atoms with Crippen molar-refractivity contribution in [1.82, 2.24) is 15.5 Å². The van der Waals surface area contributed by atoms with Crippen molar-refractivity contribution < 1.29 is 14.7 Å². The Morgan fingerprint density at radius 1 is 1.29 bits per heavy atom. The molecular formula is C15H27N3O3. The molecule has 1 heterocycles. The monoisotopic (exact) mass is 297 g/mol.